The van der Waals surface area contributed by atoms with Gasteiger partial charge in [-0.15, -0.1) is 0 Å². The Morgan fingerprint density at radius 1 is 1.17 bits per heavy atom. The van der Waals surface area contributed by atoms with Crippen molar-refractivity contribution in [1.82, 2.24) is 9.80 Å². The topological polar surface area (TPSA) is 59.1 Å². The fourth-order valence-electron chi connectivity index (χ4n) is 4.42. The molecule has 2 heterocycles. The maximum absolute atomic E-state index is 13.0. The normalized spacial score (nSPS) is 23.0. The van der Waals surface area contributed by atoms with Gasteiger partial charge in [0.15, 0.2) is 0 Å². The first-order chi connectivity index (χ1) is 14.0. The van der Waals surface area contributed by atoms with Crippen LogP contribution in [-0.4, -0.2) is 74.2 Å². The van der Waals surface area contributed by atoms with Gasteiger partial charge in [0, 0.05) is 39.1 Å². The molecule has 1 amide bonds. The van der Waals surface area contributed by atoms with Crippen molar-refractivity contribution < 1.29 is 19.1 Å². The van der Waals surface area contributed by atoms with Crippen molar-refractivity contribution in [1.29, 1.82) is 0 Å². The summed E-state index contributed by atoms with van der Waals surface area (Å²) in [6.45, 7) is 9.43. The van der Waals surface area contributed by atoms with E-state index in [1.165, 1.54) is 5.56 Å². The van der Waals surface area contributed by atoms with Gasteiger partial charge < -0.3 is 14.4 Å². The van der Waals surface area contributed by atoms with E-state index in [1.54, 1.807) is 0 Å². The molecule has 2 aliphatic heterocycles. The fraction of sp³-hybridized carbons (Fsp3) is 0.652. The van der Waals surface area contributed by atoms with Gasteiger partial charge in [-0.05, 0) is 44.2 Å². The smallest absolute Gasteiger partial charge is 0.314 e. The number of amides is 1. The number of morpholine rings is 1. The molecule has 0 aromatic heterocycles. The molecule has 3 rings (SSSR count). The van der Waals surface area contributed by atoms with Gasteiger partial charge in [0.25, 0.3) is 0 Å². The summed E-state index contributed by atoms with van der Waals surface area (Å²) in [4.78, 5) is 30.1. The van der Waals surface area contributed by atoms with Gasteiger partial charge in [0.1, 0.15) is 0 Å². The third-order valence-electron chi connectivity index (χ3n) is 6.17. The SMILES string of the molecule is CCOC(=O)C1(Cc2ccccc2C)CCCN(C(=O)CCN2CCOCC2)C1. The van der Waals surface area contributed by atoms with Crippen molar-refractivity contribution in [2.75, 3.05) is 52.5 Å². The number of carbonyl (C=O) groups is 2. The van der Waals surface area contributed by atoms with Crippen LogP contribution in [0.25, 0.3) is 0 Å². The van der Waals surface area contributed by atoms with Gasteiger partial charge in [-0.2, -0.15) is 0 Å². The molecule has 2 saturated heterocycles. The molecular formula is C23H34N2O4. The van der Waals surface area contributed by atoms with Crippen LogP contribution in [0.15, 0.2) is 24.3 Å². The summed E-state index contributed by atoms with van der Waals surface area (Å²) < 4.78 is 10.9. The van der Waals surface area contributed by atoms with Gasteiger partial charge >= 0.3 is 5.97 Å². The third-order valence-corrected chi connectivity index (χ3v) is 6.17. The third kappa shape index (κ3) is 5.58. The zero-order valence-electron chi connectivity index (χ0n) is 17.8. The van der Waals surface area contributed by atoms with Crippen molar-refractivity contribution in [3.63, 3.8) is 0 Å². The summed E-state index contributed by atoms with van der Waals surface area (Å²) in [6.07, 6.45) is 2.69. The first kappa shape index (κ1) is 21.8. The highest BCUT2D eigenvalue weighted by atomic mass is 16.5. The first-order valence-corrected chi connectivity index (χ1v) is 10.8. The summed E-state index contributed by atoms with van der Waals surface area (Å²) in [5.41, 5.74) is 1.67. The second-order valence-electron chi connectivity index (χ2n) is 8.23. The summed E-state index contributed by atoms with van der Waals surface area (Å²) in [7, 11) is 0. The molecule has 0 spiro atoms. The Morgan fingerprint density at radius 2 is 1.93 bits per heavy atom. The molecule has 0 saturated carbocycles. The molecule has 0 N–H and O–H groups in total. The Hall–Kier alpha value is -1.92. The van der Waals surface area contributed by atoms with E-state index in [9.17, 15) is 9.59 Å². The number of hydrogen-bond acceptors (Lipinski definition) is 5. The Labute approximate surface area is 174 Å². The summed E-state index contributed by atoms with van der Waals surface area (Å²) in [5, 5.41) is 0. The molecule has 0 bridgehead atoms. The molecule has 6 nitrogen and oxygen atoms in total. The lowest BCUT2D eigenvalue weighted by atomic mass is 9.74. The van der Waals surface area contributed by atoms with Crippen LogP contribution in [0, 0.1) is 12.3 Å². The molecule has 2 aliphatic rings. The number of nitrogens with zero attached hydrogens (tertiary/aromatic N) is 2. The lowest BCUT2D eigenvalue weighted by Gasteiger charge is -2.41. The highest BCUT2D eigenvalue weighted by Crippen LogP contribution is 2.36. The molecule has 29 heavy (non-hydrogen) atoms. The van der Waals surface area contributed by atoms with E-state index in [-0.39, 0.29) is 11.9 Å². The van der Waals surface area contributed by atoms with Crippen molar-refractivity contribution >= 4 is 11.9 Å². The standard InChI is InChI=1S/C23H34N2O4/c1-3-29-22(27)23(17-20-8-5-4-7-19(20)2)10-6-11-25(18-23)21(26)9-12-24-13-15-28-16-14-24/h4-5,7-8H,3,6,9-18H2,1-2H3. The number of carbonyl (C=O) groups excluding carboxylic acids is 2. The van der Waals surface area contributed by atoms with Crippen LogP contribution in [0.4, 0.5) is 0 Å². The van der Waals surface area contributed by atoms with E-state index in [2.05, 4.69) is 24.0 Å². The number of benzene rings is 1. The molecule has 1 atom stereocenters. The minimum Gasteiger partial charge on any atom is -0.466 e. The molecule has 1 unspecified atom stereocenters. The average Bonchev–Trinajstić information content (AvgIpc) is 2.75. The number of hydrogen-bond donors (Lipinski definition) is 0. The summed E-state index contributed by atoms with van der Waals surface area (Å²) in [6, 6.07) is 8.17. The zero-order valence-corrected chi connectivity index (χ0v) is 17.8. The molecule has 2 fully saturated rings. The van der Waals surface area contributed by atoms with Gasteiger partial charge in [0.05, 0.1) is 25.2 Å². The summed E-state index contributed by atoms with van der Waals surface area (Å²) >= 11 is 0. The van der Waals surface area contributed by atoms with Gasteiger partial charge in [0.2, 0.25) is 5.91 Å². The average molecular weight is 403 g/mol. The predicted octanol–water partition coefficient (Wildman–Crippen LogP) is 2.43. The highest BCUT2D eigenvalue weighted by Gasteiger charge is 2.44. The number of rotatable bonds is 7. The minimum atomic E-state index is -0.658. The molecule has 160 valence electrons. The Bertz CT molecular complexity index is 702. The van der Waals surface area contributed by atoms with Gasteiger partial charge in [-0.3, -0.25) is 14.5 Å². The summed E-state index contributed by atoms with van der Waals surface area (Å²) in [5.74, 6) is -0.0384. The second kappa shape index (κ2) is 10.2. The maximum atomic E-state index is 13.0. The van der Waals surface area contributed by atoms with Crippen molar-refractivity contribution in [3.8, 4) is 0 Å². The van der Waals surface area contributed by atoms with Crippen LogP contribution < -0.4 is 0 Å². The Balaban J connectivity index is 1.70. The Morgan fingerprint density at radius 3 is 2.66 bits per heavy atom. The van der Waals surface area contributed by atoms with E-state index >= 15 is 0 Å². The number of piperidine rings is 1. The molecule has 1 aromatic carbocycles. The van der Waals surface area contributed by atoms with E-state index in [0.717, 1.165) is 57.8 Å². The van der Waals surface area contributed by atoms with Crippen LogP contribution >= 0.6 is 0 Å². The lowest BCUT2D eigenvalue weighted by Crippen LogP contribution is -2.52. The number of aryl methyl sites for hydroxylation is 1. The van der Waals surface area contributed by atoms with Crippen LogP contribution in [-0.2, 0) is 25.5 Å². The largest absolute Gasteiger partial charge is 0.466 e. The molecule has 0 radical (unpaired) electrons. The number of esters is 1. The molecule has 0 aliphatic carbocycles. The molecule has 6 heteroatoms. The monoisotopic (exact) mass is 402 g/mol. The van der Waals surface area contributed by atoms with E-state index in [4.69, 9.17) is 9.47 Å². The maximum Gasteiger partial charge on any atom is 0.314 e. The van der Waals surface area contributed by atoms with Crippen LogP contribution in [0.3, 0.4) is 0 Å². The minimum absolute atomic E-state index is 0.134. The second-order valence-corrected chi connectivity index (χ2v) is 8.23. The van der Waals surface area contributed by atoms with Gasteiger partial charge in [-0.25, -0.2) is 0 Å². The van der Waals surface area contributed by atoms with Gasteiger partial charge in [-0.1, -0.05) is 24.3 Å². The van der Waals surface area contributed by atoms with Crippen LogP contribution in [0.5, 0.6) is 0 Å². The molecular weight excluding hydrogens is 368 g/mol. The first-order valence-electron chi connectivity index (χ1n) is 10.8. The highest BCUT2D eigenvalue weighted by molar-refractivity contribution is 5.81. The van der Waals surface area contributed by atoms with E-state index in [1.807, 2.05) is 24.0 Å². The number of ether oxygens (including phenoxy) is 2. The van der Waals surface area contributed by atoms with Crippen molar-refractivity contribution in [3.05, 3.63) is 35.4 Å². The van der Waals surface area contributed by atoms with Crippen molar-refractivity contribution in [2.45, 2.75) is 39.5 Å². The number of likely N-dealkylation sites (tertiary alicyclic amines) is 1. The lowest BCUT2D eigenvalue weighted by molar-refractivity contribution is -0.160. The predicted molar refractivity (Wildman–Crippen MR) is 112 cm³/mol. The molecule has 1 aromatic rings. The van der Waals surface area contributed by atoms with E-state index in [0.29, 0.717) is 26.0 Å². The van der Waals surface area contributed by atoms with Crippen LogP contribution in [0.1, 0.15) is 37.3 Å². The quantitative estimate of drug-likeness (QED) is 0.656. The zero-order chi connectivity index (χ0) is 20.7. The van der Waals surface area contributed by atoms with Crippen molar-refractivity contribution in [2.24, 2.45) is 5.41 Å². The van der Waals surface area contributed by atoms with E-state index < -0.39 is 5.41 Å². The Kier molecular flexibility index (Phi) is 7.67. The van der Waals surface area contributed by atoms with Crippen LogP contribution in [0.2, 0.25) is 0 Å². The fourth-order valence-corrected chi connectivity index (χ4v) is 4.42.